The van der Waals surface area contributed by atoms with Crippen molar-refractivity contribution in [3.8, 4) is 0 Å². The summed E-state index contributed by atoms with van der Waals surface area (Å²) in [5.74, 6) is 0.354. The molecule has 1 atom stereocenters. The van der Waals surface area contributed by atoms with E-state index in [1.807, 2.05) is 22.6 Å². The van der Waals surface area contributed by atoms with Crippen molar-refractivity contribution < 1.29 is 19.2 Å². The second kappa shape index (κ2) is 6.52. The number of halogens is 1. The monoisotopic (exact) mass is 369 g/mol. The summed E-state index contributed by atoms with van der Waals surface area (Å²) >= 11 is 1.91. The smallest absolute Gasteiger partial charge is 0.430 e. The molecule has 1 heterocycles. The predicted octanol–water partition coefficient (Wildman–Crippen LogP) is 2.03. The van der Waals surface area contributed by atoms with Gasteiger partial charge < -0.3 is 19.6 Å². The molecule has 1 aromatic rings. The third kappa shape index (κ3) is 4.13. The molecule has 1 rings (SSSR count). The van der Waals surface area contributed by atoms with E-state index in [0.29, 0.717) is 5.82 Å². The van der Waals surface area contributed by atoms with Crippen molar-refractivity contribution in [2.75, 3.05) is 6.61 Å². The summed E-state index contributed by atoms with van der Waals surface area (Å²) < 4.78 is 10.6. The number of ether oxygens (including phenoxy) is 2. The summed E-state index contributed by atoms with van der Waals surface area (Å²) in [5, 5.41) is 10.7. The third-order valence-electron chi connectivity index (χ3n) is 2.01. The molecule has 0 radical (unpaired) electrons. The van der Waals surface area contributed by atoms with Crippen LogP contribution in [0.4, 0.5) is 10.6 Å². The molecule has 0 aliphatic heterocycles. The zero-order valence-electron chi connectivity index (χ0n) is 9.83. The number of aryl methyl sites for hydroxylation is 1. The van der Waals surface area contributed by atoms with Crippen LogP contribution in [-0.2, 0) is 16.0 Å². The lowest BCUT2D eigenvalue weighted by Gasteiger charge is -2.07. The van der Waals surface area contributed by atoms with Gasteiger partial charge in [-0.2, -0.15) is 0 Å². The van der Waals surface area contributed by atoms with Crippen LogP contribution in [0.3, 0.4) is 0 Å². The van der Waals surface area contributed by atoms with Crippen molar-refractivity contribution in [1.82, 2.24) is 9.55 Å². The van der Waals surface area contributed by atoms with E-state index in [1.54, 1.807) is 13.8 Å². The van der Waals surface area contributed by atoms with Gasteiger partial charge in [-0.15, -0.1) is 0 Å². The first-order valence-corrected chi connectivity index (χ1v) is 6.30. The second-order valence-corrected chi connectivity index (χ2v) is 5.09. The van der Waals surface area contributed by atoms with Crippen molar-refractivity contribution in [2.45, 2.75) is 24.5 Å². The Morgan fingerprint density at radius 2 is 2.39 bits per heavy atom. The van der Waals surface area contributed by atoms with Gasteiger partial charge in [0.15, 0.2) is 9.94 Å². The molecule has 9 heteroatoms. The van der Waals surface area contributed by atoms with Gasteiger partial charge >= 0.3 is 12.0 Å². The van der Waals surface area contributed by atoms with Crippen LogP contribution in [0, 0.1) is 17.0 Å². The summed E-state index contributed by atoms with van der Waals surface area (Å²) in [6, 6.07) is 0. The van der Waals surface area contributed by atoms with Gasteiger partial charge in [-0.25, -0.2) is 14.3 Å². The Balaban J connectivity index is 2.51. The van der Waals surface area contributed by atoms with Crippen LogP contribution in [0.15, 0.2) is 6.20 Å². The van der Waals surface area contributed by atoms with Crippen molar-refractivity contribution in [3.63, 3.8) is 0 Å². The van der Waals surface area contributed by atoms with Gasteiger partial charge in [0.2, 0.25) is 0 Å². The fraction of sp³-hybridized carbons (Fsp3) is 0.556. The summed E-state index contributed by atoms with van der Waals surface area (Å²) in [4.78, 5) is 25.1. The van der Waals surface area contributed by atoms with E-state index in [1.165, 1.54) is 10.8 Å². The lowest BCUT2D eigenvalue weighted by molar-refractivity contribution is -0.392. The summed E-state index contributed by atoms with van der Waals surface area (Å²) in [5.41, 5.74) is 0. The Hall–Kier alpha value is -1.39. The maximum Gasteiger partial charge on any atom is 0.509 e. The Labute approximate surface area is 117 Å². The molecule has 1 aromatic heterocycles. The van der Waals surface area contributed by atoms with Crippen LogP contribution in [-0.4, -0.2) is 31.3 Å². The molecule has 1 unspecified atom stereocenters. The Morgan fingerprint density at radius 1 is 1.72 bits per heavy atom. The van der Waals surface area contributed by atoms with Crippen molar-refractivity contribution in [2.24, 2.45) is 0 Å². The van der Waals surface area contributed by atoms with Gasteiger partial charge in [0.1, 0.15) is 19.3 Å². The first-order valence-electron chi connectivity index (χ1n) is 5.05. The molecule has 0 saturated carbocycles. The Morgan fingerprint density at radius 3 is 2.94 bits per heavy atom. The molecule has 0 amide bonds. The van der Waals surface area contributed by atoms with Gasteiger partial charge in [0.25, 0.3) is 0 Å². The highest BCUT2D eigenvalue weighted by molar-refractivity contribution is 14.1. The van der Waals surface area contributed by atoms with Crippen molar-refractivity contribution in [1.29, 1.82) is 0 Å². The number of nitrogens with zero attached hydrogens (tertiary/aromatic N) is 3. The van der Waals surface area contributed by atoms with Crippen LogP contribution < -0.4 is 0 Å². The fourth-order valence-electron chi connectivity index (χ4n) is 1.27. The van der Waals surface area contributed by atoms with Gasteiger partial charge in [0, 0.05) is 6.92 Å². The molecule has 0 aliphatic rings. The molecule has 100 valence electrons. The number of carbonyl (C=O) groups is 1. The number of rotatable bonds is 5. The standard InChI is InChI=1S/C9H12IN3O5/c1-6(10)18-9(14)17-4-3-12-7(2)11-5-8(12)13(15)16/h5-6H,3-4H2,1-2H3. The number of hydrogen-bond acceptors (Lipinski definition) is 6. The van der Waals surface area contributed by atoms with Crippen LogP contribution in [0.1, 0.15) is 12.7 Å². The Kier molecular flexibility index (Phi) is 5.31. The summed E-state index contributed by atoms with van der Waals surface area (Å²) in [7, 11) is 0. The fourth-order valence-corrected chi connectivity index (χ4v) is 1.47. The number of imidazole rings is 1. The van der Waals surface area contributed by atoms with Gasteiger partial charge in [-0.3, -0.25) is 0 Å². The minimum absolute atomic E-state index is 0.0137. The molecule has 8 nitrogen and oxygen atoms in total. The topological polar surface area (TPSA) is 96.5 Å². The quantitative estimate of drug-likeness (QED) is 0.259. The van der Waals surface area contributed by atoms with E-state index >= 15 is 0 Å². The van der Waals surface area contributed by atoms with E-state index in [4.69, 9.17) is 9.47 Å². The SMILES string of the molecule is Cc1ncc([N+](=O)[O-])n1CCOC(=O)OC(C)I. The lowest BCUT2D eigenvalue weighted by Crippen LogP contribution is -2.16. The first kappa shape index (κ1) is 14.7. The molecule has 0 aliphatic carbocycles. The maximum absolute atomic E-state index is 11.1. The average molecular weight is 369 g/mol. The maximum atomic E-state index is 11.1. The first-order chi connectivity index (χ1) is 8.41. The van der Waals surface area contributed by atoms with E-state index in [9.17, 15) is 14.9 Å². The lowest BCUT2D eigenvalue weighted by atomic mass is 10.6. The molecule has 0 aromatic carbocycles. The van der Waals surface area contributed by atoms with E-state index < -0.39 is 11.1 Å². The van der Waals surface area contributed by atoms with Crippen LogP contribution in [0.2, 0.25) is 0 Å². The number of alkyl halides is 1. The molecule has 0 N–H and O–H groups in total. The zero-order chi connectivity index (χ0) is 13.7. The van der Waals surface area contributed by atoms with E-state index in [2.05, 4.69) is 4.98 Å². The van der Waals surface area contributed by atoms with Gasteiger partial charge in [-0.1, -0.05) is 0 Å². The molecule has 0 bridgehead atoms. The molecular formula is C9H12IN3O5. The second-order valence-electron chi connectivity index (χ2n) is 3.33. The number of nitro groups is 1. The molecule has 0 saturated heterocycles. The van der Waals surface area contributed by atoms with Crippen LogP contribution in [0.5, 0.6) is 0 Å². The highest BCUT2D eigenvalue weighted by Crippen LogP contribution is 2.13. The van der Waals surface area contributed by atoms with Gasteiger partial charge in [0.05, 0.1) is 0 Å². The zero-order valence-corrected chi connectivity index (χ0v) is 12.0. The number of hydrogen-bond donors (Lipinski definition) is 0. The molecule has 18 heavy (non-hydrogen) atoms. The van der Waals surface area contributed by atoms with Crippen molar-refractivity contribution in [3.05, 3.63) is 22.1 Å². The van der Waals surface area contributed by atoms with Crippen molar-refractivity contribution >= 4 is 34.6 Å². The molecular weight excluding hydrogens is 357 g/mol. The largest absolute Gasteiger partial charge is 0.509 e. The Bertz CT molecular complexity index is 445. The number of aromatic nitrogens is 2. The third-order valence-corrected chi connectivity index (χ3v) is 2.27. The molecule has 0 spiro atoms. The number of carbonyl (C=O) groups excluding carboxylic acids is 1. The highest BCUT2D eigenvalue weighted by Gasteiger charge is 2.17. The van der Waals surface area contributed by atoms with Crippen LogP contribution in [0.25, 0.3) is 0 Å². The molecule has 0 fully saturated rings. The highest BCUT2D eigenvalue weighted by atomic mass is 127. The summed E-state index contributed by atoms with van der Waals surface area (Å²) in [6.07, 6.45) is 0.373. The average Bonchev–Trinajstić information content (AvgIpc) is 2.59. The minimum Gasteiger partial charge on any atom is -0.430 e. The predicted molar refractivity (Wildman–Crippen MR) is 69.5 cm³/mol. The summed E-state index contributed by atoms with van der Waals surface area (Å²) in [6.45, 7) is 3.47. The van der Waals surface area contributed by atoms with Gasteiger partial charge in [-0.05, 0) is 34.4 Å². The minimum atomic E-state index is -0.794. The van der Waals surface area contributed by atoms with Crippen LogP contribution >= 0.6 is 22.6 Å². The normalized spacial score (nSPS) is 11.9. The van der Waals surface area contributed by atoms with E-state index in [0.717, 1.165) is 0 Å². The van der Waals surface area contributed by atoms with E-state index in [-0.39, 0.29) is 23.1 Å².